The highest BCUT2D eigenvalue weighted by Gasteiger charge is 2.34. The lowest BCUT2D eigenvalue weighted by Gasteiger charge is -2.28. The average Bonchev–Trinajstić information content (AvgIpc) is 2.79. The smallest absolute Gasteiger partial charge is 0.308 e. The molecule has 4 atom stereocenters. The van der Waals surface area contributed by atoms with Gasteiger partial charge in [0.25, 0.3) is 0 Å². The third kappa shape index (κ3) is 3.95. The molecule has 0 aromatic heterocycles. The fourth-order valence-electron chi connectivity index (χ4n) is 3.22. The number of amides is 1. The molecule has 114 valence electrons. The Bertz CT molecular complexity index is 358. The molecule has 5 heteroatoms. The molecular formula is C15H25NO4. The molecule has 2 fully saturated rings. The van der Waals surface area contributed by atoms with Crippen molar-refractivity contribution in [3.05, 3.63) is 0 Å². The van der Waals surface area contributed by atoms with Gasteiger partial charge in [-0.1, -0.05) is 25.7 Å². The number of nitrogens with one attached hydrogen (secondary N) is 1. The quantitative estimate of drug-likeness (QED) is 0.831. The number of aliphatic carboxylic acids is 1. The second-order valence-electron chi connectivity index (χ2n) is 6.06. The van der Waals surface area contributed by atoms with E-state index in [2.05, 4.69) is 5.32 Å². The summed E-state index contributed by atoms with van der Waals surface area (Å²) in [7, 11) is 0. The van der Waals surface area contributed by atoms with Crippen LogP contribution in [-0.2, 0) is 14.3 Å². The Balaban J connectivity index is 1.95. The molecule has 1 saturated carbocycles. The van der Waals surface area contributed by atoms with Gasteiger partial charge in [0.2, 0.25) is 5.91 Å². The van der Waals surface area contributed by atoms with Crippen molar-refractivity contribution in [2.75, 3.05) is 0 Å². The molecule has 0 spiro atoms. The Morgan fingerprint density at radius 3 is 2.35 bits per heavy atom. The lowest BCUT2D eigenvalue weighted by Crippen LogP contribution is -2.47. The van der Waals surface area contributed by atoms with Gasteiger partial charge < -0.3 is 15.2 Å². The van der Waals surface area contributed by atoms with Crippen LogP contribution in [0.4, 0.5) is 0 Å². The highest BCUT2D eigenvalue weighted by molar-refractivity contribution is 5.82. The summed E-state index contributed by atoms with van der Waals surface area (Å²) in [5, 5.41) is 12.3. The van der Waals surface area contributed by atoms with Crippen molar-refractivity contribution in [2.24, 2.45) is 5.92 Å². The Labute approximate surface area is 120 Å². The number of hydrogen-bond acceptors (Lipinski definition) is 3. The summed E-state index contributed by atoms with van der Waals surface area (Å²) in [4.78, 5) is 23.6. The van der Waals surface area contributed by atoms with Gasteiger partial charge >= 0.3 is 5.97 Å². The van der Waals surface area contributed by atoms with Crippen molar-refractivity contribution in [3.8, 4) is 0 Å². The number of rotatable bonds is 3. The molecule has 1 heterocycles. The third-order valence-corrected chi connectivity index (χ3v) is 4.44. The van der Waals surface area contributed by atoms with Crippen LogP contribution in [0.2, 0.25) is 0 Å². The van der Waals surface area contributed by atoms with Crippen molar-refractivity contribution < 1.29 is 19.4 Å². The molecule has 2 N–H and O–H groups in total. The number of hydrogen-bond donors (Lipinski definition) is 2. The van der Waals surface area contributed by atoms with E-state index in [1.165, 1.54) is 0 Å². The van der Waals surface area contributed by atoms with Gasteiger partial charge in [0.05, 0.1) is 12.0 Å². The maximum atomic E-state index is 12.2. The van der Waals surface area contributed by atoms with E-state index in [0.29, 0.717) is 6.42 Å². The lowest BCUT2D eigenvalue weighted by atomic mass is 9.86. The zero-order valence-corrected chi connectivity index (χ0v) is 12.1. The summed E-state index contributed by atoms with van der Waals surface area (Å²) in [6.45, 7) is 1.96. The molecule has 0 bridgehead atoms. The van der Waals surface area contributed by atoms with Crippen LogP contribution in [0.1, 0.15) is 58.3 Å². The van der Waals surface area contributed by atoms with Crippen molar-refractivity contribution in [3.63, 3.8) is 0 Å². The van der Waals surface area contributed by atoms with Gasteiger partial charge in [-0.25, -0.2) is 0 Å². The summed E-state index contributed by atoms with van der Waals surface area (Å²) in [5.41, 5.74) is 0. The summed E-state index contributed by atoms with van der Waals surface area (Å²) in [6.07, 6.45) is 6.89. The average molecular weight is 283 g/mol. The molecule has 0 aromatic rings. The Kier molecular flexibility index (Phi) is 5.40. The molecule has 4 unspecified atom stereocenters. The van der Waals surface area contributed by atoms with Crippen molar-refractivity contribution >= 4 is 11.9 Å². The highest BCUT2D eigenvalue weighted by atomic mass is 16.5. The standard InChI is InChI=1S/C15H25NO4/c1-10-8-9-13(20-10)14(17)16-12-7-5-3-2-4-6-11(12)15(18)19/h10-13H,2-9H2,1H3,(H,16,17)(H,18,19). The molecular weight excluding hydrogens is 258 g/mol. The molecule has 2 rings (SSSR count). The first-order valence-electron chi connectivity index (χ1n) is 7.76. The van der Waals surface area contributed by atoms with Crippen LogP contribution in [0.15, 0.2) is 0 Å². The van der Waals surface area contributed by atoms with Crippen molar-refractivity contribution in [1.29, 1.82) is 0 Å². The minimum absolute atomic E-state index is 0.123. The van der Waals surface area contributed by atoms with Gasteiger partial charge in [0.15, 0.2) is 0 Å². The second-order valence-corrected chi connectivity index (χ2v) is 6.06. The normalized spacial score (nSPS) is 35.0. The van der Waals surface area contributed by atoms with Crippen molar-refractivity contribution in [2.45, 2.75) is 76.5 Å². The van der Waals surface area contributed by atoms with Gasteiger partial charge in [0.1, 0.15) is 6.10 Å². The minimum atomic E-state index is -0.794. The predicted molar refractivity (Wildman–Crippen MR) is 74.3 cm³/mol. The number of carbonyl (C=O) groups excluding carboxylic acids is 1. The largest absolute Gasteiger partial charge is 0.481 e. The lowest BCUT2D eigenvalue weighted by molar-refractivity contribution is -0.144. The number of carbonyl (C=O) groups is 2. The van der Waals surface area contributed by atoms with E-state index < -0.39 is 18.0 Å². The zero-order valence-electron chi connectivity index (χ0n) is 12.1. The van der Waals surface area contributed by atoms with E-state index in [1.54, 1.807) is 0 Å². The van der Waals surface area contributed by atoms with Gasteiger partial charge in [-0.15, -0.1) is 0 Å². The van der Waals surface area contributed by atoms with Crippen LogP contribution >= 0.6 is 0 Å². The van der Waals surface area contributed by atoms with Crippen LogP contribution in [0, 0.1) is 5.92 Å². The molecule has 0 radical (unpaired) electrons. The number of ether oxygens (including phenoxy) is 1. The number of carboxylic acid groups (broad SMARTS) is 1. The maximum Gasteiger partial charge on any atom is 0.308 e. The molecule has 5 nitrogen and oxygen atoms in total. The monoisotopic (exact) mass is 283 g/mol. The van der Waals surface area contributed by atoms with Gasteiger partial charge in [-0.3, -0.25) is 9.59 Å². The highest BCUT2D eigenvalue weighted by Crippen LogP contribution is 2.25. The molecule has 1 amide bonds. The molecule has 0 aromatic carbocycles. The van der Waals surface area contributed by atoms with Crippen LogP contribution < -0.4 is 5.32 Å². The summed E-state index contributed by atoms with van der Waals surface area (Å²) < 4.78 is 5.56. The first-order chi connectivity index (χ1) is 9.58. The first-order valence-corrected chi connectivity index (χ1v) is 7.76. The van der Waals surface area contributed by atoms with Crippen LogP contribution in [0.5, 0.6) is 0 Å². The molecule has 2 aliphatic rings. The SMILES string of the molecule is CC1CCC(C(=O)NC2CCCCCCC2C(=O)O)O1. The van der Waals surface area contributed by atoms with E-state index in [9.17, 15) is 14.7 Å². The van der Waals surface area contributed by atoms with Gasteiger partial charge in [-0.2, -0.15) is 0 Å². The number of carboxylic acids is 1. The predicted octanol–water partition coefficient (Wildman–Crippen LogP) is 2.09. The van der Waals surface area contributed by atoms with Crippen LogP contribution in [-0.4, -0.2) is 35.2 Å². The van der Waals surface area contributed by atoms with Crippen molar-refractivity contribution in [1.82, 2.24) is 5.32 Å². The maximum absolute atomic E-state index is 12.2. The first kappa shape index (κ1) is 15.3. The topological polar surface area (TPSA) is 75.6 Å². The molecule has 20 heavy (non-hydrogen) atoms. The minimum Gasteiger partial charge on any atom is -0.481 e. The molecule has 1 aliphatic heterocycles. The fourth-order valence-corrected chi connectivity index (χ4v) is 3.22. The van der Waals surface area contributed by atoms with Gasteiger partial charge in [-0.05, 0) is 32.6 Å². The Morgan fingerprint density at radius 2 is 1.75 bits per heavy atom. The second kappa shape index (κ2) is 7.07. The fraction of sp³-hybridized carbons (Fsp3) is 0.867. The van der Waals surface area contributed by atoms with E-state index in [0.717, 1.165) is 44.9 Å². The zero-order chi connectivity index (χ0) is 14.5. The van der Waals surface area contributed by atoms with E-state index in [-0.39, 0.29) is 18.1 Å². The third-order valence-electron chi connectivity index (χ3n) is 4.44. The summed E-state index contributed by atoms with van der Waals surface area (Å²) in [6, 6.07) is -0.250. The van der Waals surface area contributed by atoms with E-state index in [1.807, 2.05) is 6.92 Å². The van der Waals surface area contributed by atoms with E-state index in [4.69, 9.17) is 4.74 Å². The molecule has 1 saturated heterocycles. The van der Waals surface area contributed by atoms with Gasteiger partial charge in [0, 0.05) is 6.04 Å². The Morgan fingerprint density at radius 1 is 1.05 bits per heavy atom. The molecule has 1 aliphatic carbocycles. The Hall–Kier alpha value is -1.10. The summed E-state index contributed by atoms with van der Waals surface area (Å²) >= 11 is 0. The van der Waals surface area contributed by atoms with E-state index >= 15 is 0 Å². The van der Waals surface area contributed by atoms with Crippen LogP contribution in [0.3, 0.4) is 0 Å². The van der Waals surface area contributed by atoms with Crippen LogP contribution in [0.25, 0.3) is 0 Å². The summed E-state index contributed by atoms with van der Waals surface area (Å²) in [5.74, 6) is -1.39.